The first-order chi connectivity index (χ1) is 12.0. The van der Waals surface area contributed by atoms with Crippen molar-refractivity contribution in [3.8, 4) is 5.75 Å². The Labute approximate surface area is 146 Å². The van der Waals surface area contributed by atoms with Crippen LogP contribution in [0.2, 0.25) is 0 Å². The molecule has 0 spiro atoms. The van der Waals surface area contributed by atoms with Crippen LogP contribution in [0.15, 0.2) is 18.2 Å². The minimum Gasteiger partial charge on any atom is -0.490 e. The molecule has 0 radical (unpaired) electrons. The van der Waals surface area contributed by atoms with E-state index < -0.39 is 6.04 Å². The summed E-state index contributed by atoms with van der Waals surface area (Å²) in [6.45, 7) is 2.59. The number of nitrogens with one attached hydrogen (secondary N) is 1. The van der Waals surface area contributed by atoms with Gasteiger partial charge in [0.2, 0.25) is 11.8 Å². The molecule has 2 fully saturated rings. The van der Waals surface area contributed by atoms with E-state index in [1.807, 2.05) is 12.1 Å². The van der Waals surface area contributed by atoms with E-state index in [2.05, 4.69) is 12.2 Å². The molecule has 4 rings (SSSR count). The van der Waals surface area contributed by atoms with Crippen LogP contribution in [0, 0.1) is 5.92 Å². The van der Waals surface area contributed by atoms with Gasteiger partial charge in [0.25, 0.3) is 5.91 Å². The Balaban J connectivity index is 1.51. The standard InChI is InChI=1S/C19H22N2O4/c1-11-3-2-4-16(11)25-13-5-6-14-12(9-13)10-21(19(14)24)15-7-8-17(22)20-18(15)23/h5-6,9,11,15-16H,2-4,7-8,10H2,1H3,(H,20,22,23)/t11-,15?,16+/m1/s1. The third-order valence-corrected chi connectivity index (χ3v) is 5.57. The number of hydrogen-bond acceptors (Lipinski definition) is 4. The molecule has 3 aliphatic rings. The van der Waals surface area contributed by atoms with Crippen molar-refractivity contribution < 1.29 is 19.1 Å². The fourth-order valence-corrected chi connectivity index (χ4v) is 4.09. The molecule has 1 N–H and O–H groups in total. The highest BCUT2D eigenvalue weighted by molar-refractivity contribution is 6.05. The van der Waals surface area contributed by atoms with E-state index in [1.165, 1.54) is 12.8 Å². The Hall–Kier alpha value is -2.37. The molecule has 3 amide bonds. The minimum atomic E-state index is -0.572. The second-order valence-electron chi connectivity index (χ2n) is 7.28. The van der Waals surface area contributed by atoms with Gasteiger partial charge in [0.15, 0.2) is 0 Å². The summed E-state index contributed by atoms with van der Waals surface area (Å²) in [5.74, 6) is 0.538. The van der Waals surface area contributed by atoms with Gasteiger partial charge in [0.1, 0.15) is 17.9 Å². The number of piperidine rings is 1. The van der Waals surface area contributed by atoms with E-state index >= 15 is 0 Å². The number of benzene rings is 1. The molecule has 0 bridgehead atoms. The maximum absolute atomic E-state index is 12.7. The van der Waals surface area contributed by atoms with Crippen molar-refractivity contribution in [2.24, 2.45) is 5.92 Å². The van der Waals surface area contributed by atoms with Gasteiger partial charge in [-0.15, -0.1) is 0 Å². The number of hydrogen-bond donors (Lipinski definition) is 1. The van der Waals surface area contributed by atoms with E-state index in [4.69, 9.17) is 4.74 Å². The number of imide groups is 1. The Kier molecular flexibility index (Phi) is 3.98. The first-order valence-electron chi connectivity index (χ1n) is 8.97. The van der Waals surface area contributed by atoms with E-state index in [1.54, 1.807) is 11.0 Å². The van der Waals surface area contributed by atoms with Crippen molar-refractivity contribution in [3.05, 3.63) is 29.3 Å². The van der Waals surface area contributed by atoms with Gasteiger partial charge in [-0.2, -0.15) is 0 Å². The average Bonchev–Trinajstić information content (AvgIpc) is 3.12. The van der Waals surface area contributed by atoms with Gasteiger partial charge >= 0.3 is 0 Å². The van der Waals surface area contributed by atoms with Gasteiger partial charge in [0, 0.05) is 18.5 Å². The molecule has 6 nitrogen and oxygen atoms in total. The highest BCUT2D eigenvalue weighted by Crippen LogP contribution is 2.33. The second-order valence-corrected chi connectivity index (χ2v) is 7.28. The zero-order chi connectivity index (χ0) is 17.6. The number of ether oxygens (including phenoxy) is 1. The molecule has 1 unspecified atom stereocenters. The summed E-state index contributed by atoms with van der Waals surface area (Å²) in [4.78, 5) is 37.6. The molecular formula is C19H22N2O4. The predicted octanol–water partition coefficient (Wildman–Crippen LogP) is 2.01. The van der Waals surface area contributed by atoms with Gasteiger partial charge in [-0.3, -0.25) is 19.7 Å². The van der Waals surface area contributed by atoms with Crippen LogP contribution in [0.4, 0.5) is 0 Å². The molecule has 3 atom stereocenters. The number of amides is 3. The molecule has 1 saturated heterocycles. The van der Waals surface area contributed by atoms with Crippen LogP contribution in [0.25, 0.3) is 0 Å². The normalized spacial score (nSPS) is 28.9. The summed E-state index contributed by atoms with van der Waals surface area (Å²) < 4.78 is 6.11. The summed E-state index contributed by atoms with van der Waals surface area (Å²) in [5, 5.41) is 2.32. The van der Waals surface area contributed by atoms with Crippen LogP contribution in [-0.2, 0) is 16.1 Å². The summed E-state index contributed by atoms with van der Waals surface area (Å²) in [7, 11) is 0. The van der Waals surface area contributed by atoms with Gasteiger partial charge in [-0.05, 0) is 55.4 Å². The summed E-state index contributed by atoms with van der Waals surface area (Å²) in [6, 6.07) is 4.98. The minimum absolute atomic E-state index is 0.148. The van der Waals surface area contributed by atoms with E-state index in [9.17, 15) is 14.4 Å². The zero-order valence-corrected chi connectivity index (χ0v) is 14.3. The number of carbonyl (C=O) groups excluding carboxylic acids is 3. The molecule has 1 aromatic carbocycles. The van der Waals surface area contributed by atoms with Crippen molar-refractivity contribution in [1.29, 1.82) is 0 Å². The summed E-state index contributed by atoms with van der Waals surface area (Å²) in [5.41, 5.74) is 1.51. The third kappa shape index (κ3) is 2.90. The molecule has 1 aromatic rings. The Bertz CT molecular complexity index is 745. The Morgan fingerprint density at radius 1 is 1.16 bits per heavy atom. The lowest BCUT2D eigenvalue weighted by molar-refractivity contribution is -0.136. The highest BCUT2D eigenvalue weighted by Gasteiger charge is 2.39. The number of nitrogens with zero attached hydrogens (tertiary/aromatic N) is 1. The summed E-state index contributed by atoms with van der Waals surface area (Å²) in [6.07, 6.45) is 4.34. The van der Waals surface area contributed by atoms with Crippen LogP contribution in [0.5, 0.6) is 5.75 Å². The maximum Gasteiger partial charge on any atom is 0.255 e. The van der Waals surface area contributed by atoms with Crippen molar-refractivity contribution in [2.75, 3.05) is 0 Å². The van der Waals surface area contributed by atoms with E-state index in [0.717, 1.165) is 17.7 Å². The molecule has 2 heterocycles. The van der Waals surface area contributed by atoms with Crippen LogP contribution >= 0.6 is 0 Å². The smallest absolute Gasteiger partial charge is 0.255 e. The SMILES string of the molecule is C[C@@H]1CCC[C@@H]1Oc1ccc2c(c1)CN(C1CCC(=O)NC1=O)C2=O. The number of rotatable bonds is 3. The lowest BCUT2D eigenvalue weighted by atomic mass is 10.0. The van der Waals surface area contributed by atoms with Gasteiger partial charge < -0.3 is 9.64 Å². The summed E-state index contributed by atoms with van der Waals surface area (Å²) >= 11 is 0. The molecule has 1 aliphatic carbocycles. The van der Waals surface area contributed by atoms with Gasteiger partial charge in [-0.1, -0.05) is 6.92 Å². The van der Waals surface area contributed by atoms with Gasteiger partial charge in [0.05, 0.1) is 0 Å². The van der Waals surface area contributed by atoms with Crippen LogP contribution in [0.1, 0.15) is 54.9 Å². The Morgan fingerprint density at radius 2 is 2.00 bits per heavy atom. The van der Waals surface area contributed by atoms with E-state index in [-0.39, 0.29) is 30.2 Å². The number of fused-ring (bicyclic) bond motifs is 1. The fraction of sp³-hybridized carbons (Fsp3) is 0.526. The molecule has 2 aliphatic heterocycles. The molecular weight excluding hydrogens is 320 g/mol. The first-order valence-corrected chi connectivity index (χ1v) is 8.97. The van der Waals surface area contributed by atoms with Crippen LogP contribution < -0.4 is 10.1 Å². The number of carbonyl (C=O) groups is 3. The fourth-order valence-electron chi connectivity index (χ4n) is 4.09. The van der Waals surface area contributed by atoms with Crippen molar-refractivity contribution in [1.82, 2.24) is 10.2 Å². The average molecular weight is 342 g/mol. The lowest BCUT2D eigenvalue weighted by Gasteiger charge is -2.29. The Morgan fingerprint density at radius 3 is 2.72 bits per heavy atom. The van der Waals surface area contributed by atoms with Crippen molar-refractivity contribution >= 4 is 17.7 Å². The van der Waals surface area contributed by atoms with E-state index in [0.29, 0.717) is 24.4 Å². The molecule has 1 saturated carbocycles. The third-order valence-electron chi connectivity index (χ3n) is 5.57. The monoisotopic (exact) mass is 342 g/mol. The van der Waals surface area contributed by atoms with Crippen LogP contribution in [0.3, 0.4) is 0 Å². The molecule has 132 valence electrons. The topological polar surface area (TPSA) is 75.7 Å². The highest BCUT2D eigenvalue weighted by atomic mass is 16.5. The lowest BCUT2D eigenvalue weighted by Crippen LogP contribution is -2.52. The van der Waals surface area contributed by atoms with Gasteiger partial charge in [-0.25, -0.2) is 0 Å². The first kappa shape index (κ1) is 16.1. The predicted molar refractivity (Wildman–Crippen MR) is 89.9 cm³/mol. The quantitative estimate of drug-likeness (QED) is 0.853. The zero-order valence-electron chi connectivity index (χ0n) is 14.3. The molecule has 0 aromatic heterocycles. The molecule has 6 heteroatoms. The molecule has 25 heavy (non-hydrogen) atoms. The van der Waals surface area contributed by atoms with Crippen molar-refractivity contribution in [2.45, 2.75) is 57.7 Å². The maximum atomic E-state index is 12.7. The largest absolute Gasteiger partial charge is 0.490 e. The van der Waals surface area contributed by atoms with Crippen LogP contribution in [-0.4, -0.2) is 34.8 Å². The second kappa shape index (κ2) is 6.17. The van der Waals surface area contributed by atoms with Crippen molar-refractivity contribution in [3.63, 3.8) is 0 Å².